The van der Waals surface area contributed by atoms with Crippen molar-refractivity contribution in [2.24, 2.45) is 4.99 Å². The number of hydrogen-bond acceptors (Lipinski definition) is 5. The second-order valence-corrected chi connectivity index (χ2v) is 6.87. The summed E-state index contributed by atoms with van der Waals surface area (Å²) in [5.41, 5.74) is -1.17. The molecule has 1 aromatic heterocycles. The number of furan rings is 1. The van der Waals surface area contributed by atoms with Gasteiger partial charge in [-0.2, -0.15) is 0 Å². The van der Waals surface area contributed by atoms with Crippen LogP contribution in [-0.2, 0) is 15.1 Å². The van der Waals surface area contributed by atoms with E-state index in [1.807, 2.05) is 6.92 Å². The molecule has 26 heavy (non-hydrogen) atoms. The zero-order chi connectivity index (χ0) is 18.8. The monoisotopic (exact) mass is 365 g/mol. The number of aliphatic imine (C=N–C) groups is 1. The summed E-state index contributed by atoms with van der Waals surface area (Å²) in [6.45, 7) is 5.12. The van der Waals surface area contributed by atoms with Gasteiger partial charge >= 0.3 is 5.97 Å². The van der Waals surface area contributed by atoms with Crippen LogP contribution < -0.4 is 10.6 Å². The van der Waals surface area contributed by atoms with Crippen LogP contribution in [0.4, 0.5) is 0 Å². The third-order valence-electron chi connectivity index (χ3n) is 4.39. The molecule has 1 fully saturated rings. The summed E-state index contributed by atoms with van der Waals surface area (Å²) in [5.74, 6) is 0.955. The molecule has 1 unspecified atom stereocenters. The lowest BCUT2D eigenvalue weighted by Crippen LogP contribution is -2.39. The molecule has 3 N–H and O–H groups in total. The first-order valence-corrected chi connectivity index (χ1v) is 9.49. The van der Waals surface area contributed by atoms with Gasteiger partial charge in [-0.05, 0) is 58.1 Å². The van der Waals surface area contributed by atoms with E-state index in [4.69, 9.17) is 9.15 Å². The van der Waals surface area contributed by atoms with Gasteiger partial charge in [0.2, 0.25) is 0 Å². The maximum atomic E-state index is 11.8. The Hall–Kier alpha value is -2.02. The van der Waals surface area contributed by atoms with Crippen molar-refractivity contribution in [1.82, 2.24) is 10.6 Å². The predicted octanol–water partition coefficient (Wildman–Crippen LogP) is 2.31. The van der Waals surface area contributed by atoms with Crippen molar-refractivity contribution in [2.75, 3.05) is 19.6 Å². The summed E-state index contributed by atoms with van der Waals surface area (Å²) in [6.07, 6.45) is 7.03. The van der Waals surface area contributed by atoms with Crippen LogP contribution in [0.15, 0.2) is 27.8 Å². The minimum atomic E-state index is -1.17. The second-order valence-electron chi connectivity index (χ2n) is 6.87. The van der Waals surface area contributed by atoms with Gasteiger partial charge in [0.25, 0.3) is 0 Å². The first-order chi connectivity index (χ1) is 12.5. The Morgan fingerprint density at radius 2 is 2.19 bits per heavy atom. The van der Waals surface area contributed by atoms with E-state index in [-0.39, 0.29) is 18.6 Å². The molecule has 2 rings (SSSR count). The zero-order valence-electron chi connectivity index (χ0n) is 15.8. The fourth-order valence-electron chi connectivity index (χ4n) is 2.93. The highest BCUT2D eigenvalue weighted by molar-refractivity contribution is 5.79. The van der Waals surface area contributed by atoms with Crippen molar-refractivity contribution in [3.63, 3.8) is 0 Å². The molecule has 0 aliphatic heterocycles. The molecule has 0 aromatic carbocycles. The van der Waals surface area contributed by atoms with Crippen LogP contribution >= 0.6 is 0 Å². The smallest absolute Gasteiger partial charge is 0.306 e. The maximum Gasteiger partial charge on any atom is 0.306 e. The Balaban J connectivity index is 1.72. The fraction of sp³-hybridized carbons (Fsp3) is 0.684. The van der Waals surface area contributed by atoms with E-state index in [1.54, 1.807) is 19.1 Å². The number of ether oxygens (including phenoxy) is 1. The molecule has 1 saturated carbocycles. The summed E-state index contributed by atoms with van der Waals surface area (Å²) in [4.78, 5) is 16.2. The Bertz CT molecular complexity index is 563. The molecular formula is C19H31N3O4. The number of guanidine groups is 1. The molecule has 1 atom stereocenters. The van der Waals surface area contributed by atoms with Gasteiger partial charge in [-0.3, -0.25) is 4.79 Å². The minimum Gasteiger partial charge on any atom is -0.466 e. The lowest BCUT2D eigenvalue weighted by atomic mass is 10.0. The van der Waals surface area contributed by atoms with Crippen molar-refractivity contribution in [2.45, 2.75) is 64.1 Å². The van der Waals surface area contributed by atoms with Gasteiger partial charge in [0, 0.05) is 19.5 Å². The highest BCUT2D eigenvalue weighted by atomic mass is 16.5. The second kappa shape index (κ2) is 10.2. The van der Waals surface area contributed by atoms with Gasteiger partial charge in [-0.15, -0.1) is 0 Å². The molecule has 0 saturated heterocycles. The van der Waals surface area contributed by atoms with Crippen molar-refractivity contribution in [3.05, 3.63) is 24.2 Å². The van der Waals surface area contributed by atoms with E-state index in [1.165, 1.54) is 6.26 Å². The summed E-state index contributed by atoms with van der Waals surface area (Å²) >= 11 is 0. The van der Waals surface area contributed by atoms with Gasteiger partial charge in [-0.25, -0.2) is 4.99 Å². The lowest BCUT2D eigenvalue weighted by Gasteiger charge is -2.19. The van der Waals surface area contributed by atoms with Gasteiger partial charge in [-0.1, -0.05) is 0 Å². The molecule has 7 nitrogen and oxygen atoms in total. The van der Waals surface area contributed by atoms with E-state index in [0.29, 0.717) is 37.7 Å². The molecule has 0 radical (unpaired) electrons. The third-order valence-corrected chi connectivity index (χ3v) is 4.39. The third kappa shape index (κ3) is 6.71. The van der Waals surface area contributed by atoms with Crippen LogP contribution in [0, 0.1) is 0 Å². The van der Waals surface area contributed by atoms with Crippen molar-refractivity contribution >= 4 is 11.9 Å². The number of esters is 1. The molecule has 1 heterocycles. The summed E-state index contributed by atoms with van der Waals surface area (Å²) in [6, 6.07) is 3.47. The highest BCUT2D eigenvalue weighted by Gasteiger charge is 2.26. The first kappa shape index (κ1) is 20.3. The largest absolute Gasteiger partial charge is 0.466 e. The number of carbonyl (C=O) groups excluding carboxylic acids is 1. The van der Waals surface area contributed by atoms with E-state index < -0.39 is 5.60 Å². The molecule has 7 heteroatoms. The number of nitrogens with one attached hydrogen (secondary N) is 2. The average molecular weight is 365 g/mol. The minimum absolute atomic E-state index is 0.123. The van der Waals surface area contributed by atoms with Crippen molar-refractivity contribution in [1.29, 1.82) is 0 Å². The zero-order valence-corrected chi connectivity index (χ0v) is 15.8. The molecule has 0 amide bonds. The van der Waals surface area contributed by atoms with Crippen LogP contribution in [0.5, 0.6) is 0 Å². The molecule has 146 valence electrons. The lowest BCUT2D eigenvalue weighted by molar-refractivity contribution is -0.148. The van der Waals surface area contributed by atoms with Crippen molar-refractivity contribution < 1.29 is 19.1 Å². The molecule has 1 aliphatic carbocycles. The Kier molecular flexibility index (Phi) is 7.97. The van der Waals surface area contributed by atoms with E-state index in [0.717, 1.165) is 25.7 Å². The molecule has 0 bridgehead atoms. The maximum absolute atomic E-state index is 11.8. The summed E-state index contributed by atoms with van der Waals surface area (Å²) in [7, 11) is 0. The number of rotatable bonds is 9. The van der Waals surface area contributed by atoms with E-state index in [9.17, 15) is 9.90 Å². The molecule has 0 spiro atoms. The van der Waals surface area contributed by atoms with Crippen LogP contribution in [0.3, 0.4) is 0 Å². The summed E-state index contributed by atoms with van der Waals surface area (Å²) in [5, 5.41) is 16.8. The van der Waals surface area contributed by atoms with Gasteiger partial charge in [0.15, 0.2) is 5.96 Å². The van der Waals surface area contributed by atoms with Crippen LogP contribution in [0.2, 0.25) is 0 Å². The number of carbonyl (C=O) groups is 1. The van der Waals surface area contributed by atoms with Gasteiger partial charge in [0.05, 0.1) is 12.8 Å². The van der Waals surface area contributed by atoms with E-state index >= 15 is 0 Å². The Morgan fingerprint density at radius 1 is 1.42 bits per heavy atom. The van der Waals surface area contributed by atoms with Crippen LogP contribution in [0.25, 0.3) is 0 Å². The highest BCUT2D eigenvalue weighted by Crippen LogP contribution is 2.22. The topological polar surface area (TPSA) is 96.1 Å². The number of hydrogen-bond donors (Lipinski definition) is 3. The molecular weight excluding hydrogens is 334 g/mol. The Labute approximate surface area is 155 Å². The molecule has 1 aliphatic rings. The quantitative estimate of drug-likeness (QED) is 0.269. The van der Waals surface area contributed by atoms with Gasteiger partial charge < -0.3 is 24.9 Å². The average Bonchev–Trinajstić information content (AvgIpc) is 3.30. The van der Waals surface area contributed by atoms with Gasteiger partial charge in [0.1, 0.15) is 17.5 Å². The number of aliphatic hydroxyl groups is 1. The Morgan fingerprint density at radius 3 is 2.85 bits per heavy atom. The SMILES string of the molecule is CCNC(=NCC(C)(O)c1ccco1)NCCCC(=O)OC1CCCC1. The van der Waals surface area contributed by atoms with E-state index in [2.05, 4.69) is 15.6 Å². The first-order valence-electron chi connectivity index (χ1n) is 9.49. The summed E-state index contributed by atoms with van der Waals surface area (Å²) < 4.78 is 10.7. The molecule has 1 aromatic rings. The standard InChI is InChI=1S/C19H31N3O4/c1-3-20-18(22-14-19(2,24)16-10-7-13-25-16)21-12-6-11-17(23)26-15-8-4-5-9-15/h7,10,13,15,24H,3-6,8-9,11-12,14H2,1-2H3,(H2,20,21,22). The van der Waals surface area contributed by atoms with Crippen LogP contribution in [0.1, 0.15) is 58.1 Å². The predicted molar refractivity (Wildman–Crippen MR) is 99.8 cm³/mol. The normalized spacial score (nSPS) is 17.7. The fourth-order valence-corrected chi connectivity index (χ4v) is 2.93. The van der Waals surface area contributed by atoms with Crippen molar-refractivity contribution in [3.8, 4) is 0 Å². The van der Waals surface area contributed by atoms with Crippen LogP contribution in [-0.4, -0.2) is 42.8 Å². The number of nitrogens with zero attached hydrogens (tertiary/aromatic N) is 1.